The number of nitrogens with zero attached hydrogens (tertiary/aromatic N) is 1. The number of aliphatic hydroxyl groups excluding tert-OH is 1. The molecular formula is C14H19NO3S. The number of amides is 1. The number of hydrogen-bond acceptors (Lipinski definition) is 4. The fourth-order valence-electron chi connectivity index (χ4n) is 2.07. The highest BCUT2D eigenvalue weighted by Gasteiger charge is 2.25. The normalized spacial score (nSPS) is 18.6. The van der Waals surface area contributed by atoms with E-state index in [0.717, 1.165) is 25.1 Å². The van der Waals surface area contributed by atoms with Crippen LogP contribution in [0.25, 0.3) is 0 Å². The van der Waals surface area contributed by atoms with Gasteiger partial charge in [0.2, 0.25) is 0 Å². The van der Waals surface area contributed by atoms with Crippen molar-refractivity contribution < 1.29 is 14.6 Å². The quantitative estimate of drug-likeness (QED) is 0.889. The second-order valence-electron chi connectivity index (χ2n) is 4.58. The summed E-state index contributed by atoms with van der Waals surface area (Å²) in [4.78, 5) is 13.8. The third-order valence-electron chi connectivity index (χ3n) is 3.30. The minimum Gasteiger partial charge on any atom is -0.484 e. The van der Waals surface area contributed by atoms with Crippen molar-refractivity contribution in [3.63, 3.8) is 0 Å². The molecule has 1 fully saturated rings. The van der Waals surface area contributed by atoms with Crippen LogP contribution in [-0.4, -0.2) is 47.1 Å². The lowest BCUT2D eigenvalue weighted by molar-refractivity contribution is -0.132. The highest BCUT2D eigenvalue weighted by atomic mass is 32.2. The Morgan fingerprint density at radius 1 is 1.47 bits per heavy atom. The summed E-state index contributed by atoms with van der Waals surface area (Å²) < 4.78 is 5.47. The monoisotopic (exact) mass is 281 g/mol. The molecule has 1 amide bonds. The van der Waals surface area contributed by atoms with Gasteiger partial charge in [-0.2, -0.15) is 11.8 Å². The molecule has 104 valence electrons. The zero-order chi connectivity index (χ0) is 13.7. The van der Waals surface area contributed by atoms with Crippen molar-refractivity contribution in [2.24, 2.45) is 0 Å². The van der Waals surface area contributed by atoms with Gasteiger partial charge in [-0.3, -0.25) is 4.79 Å². The van der Waals surface area contributed by atoms with Crippen molar-refractivity contribution in [1.82, 2.24) is 4.90 Å². The highest BCUT2D eigenvalue weighted by molar-refractivity contribution is 7.99. The molecule has 0 radical (unpaired) electrons. The van der Waals surface area contributed by atoms with Crippen LogP contribution >= 0.6 is 11.8 Å². The fourth-order valence-corrected chi connectivity index (χ4v) is 2.74. The van der Waals surface area contributed by atoms with Crippen LogP contribution in [0.15, 0.2) is 24.3 Å². The third-order valence-corrected chi connectivity index (χ3v) is 4.35. The SMILES string of the molecule is CSC1CCN(C(=O)COc2ccc(CO)cc2)C1. The maximum absolute atomic E-state index is 12.0. The predicted octanol–water partition coefficient (Wildman–Crippen LogP) is 1.52. The standard InChI is InChI=1S/C14H19NO3S/c1-19-13-6-7-15(8-13)14(17)10-18-12-4-2-11(9-16)3-5-12/h2-5,13,16H,6-10H2,1H3. The van der Waals surface area contributed by atoms with Crippen LogP contribution < -0.4 is 4.74 Å². The Hall–Kier alpha value is -1.20. The summed E-state index contributed by atoms with van der Waals surface area (Å²) in [5.41, 5.74) is 0.834. The highest BCUT2D eigenvalue weighted by Crippen LogP contribution is 2.20. The van der Waals surface area contributed by atoms with Crippen LogP contribution in [0, 0.1) is 0 Å². The third kappa shape index (κ3) is 3.88. The van der Waals surface area contributed by atoms with E-state index in [-0.39, 0.29) is 19.1 Å². The minimum absolute atomic E-state index is 0.0169. The van der Waals surface area contributed by atoms with Crippen LogP contribution in [0.5, 0.6) is 5.75 Å². The van der Waals surface area contributed by atoms with Crippen molar-refractivity contribution in [1.29, 1.82) is 0 Å². The number of thioether (sulfide) groups is 1. The van der Waals surface area contributed by atoms with Gasteiger partial charge in [-0.25, -0.2) is 0 Å². The summed E-state index contributed by atoms with van der Waals surface area (Å²) in [6.07, 6.45) is 3.15. The maximum Gasteiger partial charge on any atom is 0.260 e. The first-order chi connectivity index (χ1) is 9.22. The molecule has 2 rings (SSSR count). The first-order valence-corrected chi connectivity index (χ1v) is 7.65. The zero-order valence-corrected chi connectivity index (χ0v) is 11.9. The van der Waals surface area contributed by atoms with Gasteiger partial charge in [-0.1, -0.05) is 12.1 Å². The van der Waals surface area contributed by atoms with E-state index in [1.54, 1.807) is 24.3 Å². The number of benzene rings is 1. The number of rotatable bonds is 5. The molecule has 1 unspecified atom stereocenters. The van der Waals surface area contributed by atoms with E-state index in [1.165, 1.54) is 0 Å². The predicted molar refractivity (Wildman–Crippen MR) is 76.4 cm³/mol. The van der Waals surface area contributed by atoms with Crippen LogP contribution in [0.4, 0.5) is 0 Å². The van der Waals surface area contributed by atoms with Gasteiger partial charge in [0.15, 0.2) is 6.61 Å². The summed E-state index contributed by atoms with van der Waals surface area (Å²) in [7, 11) is 0. The molecule has 1 aromatic rings. The Morgan fingerprint density at radius 3 is 2.79 bits per heavy atom. The Kier molecular flexibility index (Phi) is 5.10. The smallest absolute Gasteiger partial charge is 0.260 e. The van der Waals surface area contributed by atoms with E-state index < -0.39 is 0 Å². The molecule has 1 aliphatic rings. The van der Waals surface area contributed by atoms with E-state index >= 15 is 0 Å². The molecule has 1 heterocycles. The Morgan fingerprint density at radius 2 is 2.21 bits per heavy atom. The average molecular weight is 281 g/mol. The van der Waals surface area contributed by atoms with E-state index in [0.29, 0.717) is 11.0 Å². The van der Waals surface area contributed by atoms with Gasteiger partial charge in [0.1, 0.15) is 5.75 Å². The van der Waals surface area contributed by atoms with Gasteiger partial charge in [-0.15, -0.1) is 0 Å². The number of aliphatic hydroxyl groups is 1. The Balaban J connectivity index is 1.80. The summed E-state index contributed by atoms with van der Waals surface area (Å²) >= 11 is 1.81. The number of carbonyl (C=O) groups excluding carboxylic acids is 1. The molecule has 1 atom stereocenters. The number of likely N-dealkylation sites (tertiary alicyclic amines) is 1. The molecule has 0 bridgehead atoms. The van der Waals surface area contributed by atoms with Crippen LogP contribution in [0.1, 0.15) is 12.0 Å². The number of hydrogen-bond donors (Lipinski definition) is 1. The first kappa shape index (κ1) is 14.2. The average Bonchev–Trinajstić information content (AvgIpc) is 2.94. The number of carbonyl (C=O) groups is 1. The summed E-state index contributed by atoms with van der Waals surface area (Å²) in [5.74, 6) is 0.703. The molecule has 4 nitrogen and oxygen atoms in total. The molecule has 1 aromatic carbocycles. The zero-order valence-electron chi connectivity index (χ0n) is 11.0. The van der Waals surface area contributed by atoms with Gasteiger partial charge in [-0.05, 0) is 30.4 Å². The van der Waals surface area contributed by atoms with E-state index in [4.69, 9.17) is 9.84 Å². The van der Waals surface area contributed by atoms with Crippen LogP contribution in [0.2, 0.25) is 0 Å². The summed E-state index contributed by atoms with van der Waals surface area (Å²) in [6.45, 7) is 1.76. The van der Waals surface area contributed by atoms with Crippen molar-refractivity contribution in [3.8, 4) is 5.75 Å². The van der Waals surface area contributed by atoms with E-state index in [1.807, 2.05) is 16.7 Å². The Labute approximate surface area is 117 Å². The molecular weight excluding hydrogens is 262 g/mol. The van der Waals surface area contributed by atoms with Gasteiger partial charge in [0.25, 0.3) is 5.91 Å². The largest absolute Gasteiger partial charge is 0.484 e. The van der Waals surface area contributed by atoms with Gasteiger partial charge < -0.3 is 14.7 Å². The molecule has 0 aromatic heterocycles. The van der Waals surface area contributed by atoms with E-state index in [2.05, 4.69) is 6.26 Å². The Bertz CT molecular complexity index is 421. The van der Waals surface area contributed by atoms with Crippen LogP contribution in [-0.2, 0) is 11.4 Å². The fraction of sp³-hybridized carbons (Fsp3) is 0.500. The summed E-state index contributed by atoms with van der Waals surface area (Å²) in [5, 5.41) is 9.50. The summed E-state index contributed by atoms with van der Waals surface area (Å²) in [6, 6.07) is 7.12. The lowest BCUT2D eigenvalue weighted by Gasteiger charge is -2.16. The molecule has 0 aliphatic carbocycles. The second-order valence-corrected chi connectivity index (χ2v) is 5.71. The lowest BCUT2D eigenvalue weighted by atomic mass is 10.2. The molecule has 1 saturated heterocycles. The second kappa shape index (κ2) is 6.82. The molecule has 19 heavy (non-hydrogen) atoms. The lowest BCUT2D eigenvalue weighted by Crippen LogP contribution is -2.33. The molecule has 1 aliphatic heterocycles. The van der Waals surface area contributed by atoms with Crippen molar-refractivity contribution in [2.75, 3.05) is 26.0 Å². The minimum atomic E-state index is 0.0169. The van der Waals surface area contributed by atoms with Crippen molar-refractivity contribution in [3.05, 3.63) is 29.8 Å². The van der Waals surface area contributed by atoms with Crippen molar-refractivity contribution in [2.45, 2.75) is 18.3 Å². The van der Waals surface area contributed by atoms with Crippen molar-refractivity contribution >= 4 is 17.7 Å². The molecule has 1 N–H and O–H groups in total. The van der Waals surface area contributed by atoms with Gasteiger partial charge in [0.05, 0.1) is 6.61 Å². The van der Waals surface area contributed by atoms with Gasteiger partial charge >= 0.3 is 0 Å². The maximum atomic E-state index is 12.0. The molecule has 0 spiro atoms. The van der Waals surface area contributed by atoms with Crippen LogP contribution in [0.3, 0.4) is 0 Å². The number of ether oxygens (including phenoxy) is 1. The molecule has 0 saturated carbocycles. The van der Waals surface area contributed by atoms with Gasteiger partial charge in [0, 0.05) is 18.3 Å². The topological polar surface area (TPSA) is 49.8 Å². The van der Waals surface area contributed by atoms with E-state index in [9.17, 15) is 4.79 Å². The molecule has 5 heteroatoms. The first-order valence-electron chi connectivity index (χ1n) is 6.36.